The van der Waals surface area contributed by atoms with E-state index >= 15 is 0 Å². The van der Waals surface area contributed by atoms with E-state index in [-0.39, 0.29) is 11.5 Å². The van der Waals surface area contributed by atoms with Gasteiger partial charge in [-0.3, -0.25) is 14.2 Å². The molecular formula is C24H19BrN4O2S. The van der Waals surface area contributed by atoms with Crippen LogP contribution in [0.4, 0.5) is 0 Å². The van der Waals surface area contributed by atoms with Gasteiger partial charge in [0, 0.05) is 20.5 Å². The molecule has 1 aliphatic rings. The first kappa shape index (κ1) is 20.8. The maximum atomic E-state index is 13.2. The Hall–Kier alpha value is -3.10. The number of carbonyl (C=O) groups excluding carboxylic acids is 1. The van der Waals surface area contributed by atoms with Crippen LogP contribution in [0.2, 0.25) is 0 Å². The Bertz CT molecular complexity index is 1410. The van der Waals surface area contributed by atoms with Gasteiger partial charge in [-0.15, -0.1) is 11.3 Å². The summed E-state index contributed by atoms with van der Waals surface area (Å²) in [6, 6.07) is 14.5. The highest BCUT2D eigenvalue weighted by molar-refractivity contribution is 9.10. The summed E-state index contributed by atoms with van der Waals surface area (Å²) in [7, 11) is 0. The lowest BCUT2D eigenvalue weighted by Crippen LogP contribution is -2.20. The zero-order valence-electron chi connectivity index (χ0n) is 17.0. The highest BCUT2D eigenvalue weighted by Crippen LogP contribution is 2.33. The molecule has 0 spiro atoms. The van der Waals surface area contributed by atoms with Crippen molar-refractivity contribution in [3.63, 3.8) is 0 Å². The first-order chi connectivity index (χ1) is 15.6. The highest BCUT2D eigenvalue weighted by atomic mass is 79.9. The highest BCUT2D eigenvalue weighted by Gasteiger charge is 2.20. The van der Waals surface area contributed by atoms with E-state index in [1.165, 1.54) is 16.9 Å². The number of fused-ring (bicyclic) bond motifs is 3. The smallest absolute Gasteiger partial charge is 0.268 e. The molecule has 0 atom stereocenters. The van der Waals surface area contributed by atoms with E-state index in [9.17, 15) is 9.59 Å². The van der Waals surface area contributed by atoms with Crippen molar-refractivity contribution in [3.8, 4) is 5.69 Å². The van der Waals surface area contributed by atoms with Gasteiger partial charge in [-0.25, -0.2) is 10.4 Å². The number of thiophene rings is 1. The monoisotopic (exact) mass is 506 g/mol. The Kier molecular flexibility index (Phi) is 5.71. The number of aromatic nitrogens is 2. The molecule has 0 radical (unpaired) electrons. The lowest BCUT2D eigenvalue weighted by molar-refractivity contribution is 0.0955. The number of amides is 1. The van der Waals surface area contributed by atoms with E-state index in [4.69, 9.17) is 0 Å². The predicted molar refractivity (Wildman–Crippen MR) is 131 cm³/mol. The molecule has 0 fully saturated rings. The fourth-order valence-electron chi connectivity index (χ4n) is 3.91. The molecule has 1 N–H and O–H groups in total. The zero-order valence-corrected chi connectivity index (χ0v) is 19.4. The fourth-order valence-corrected chi connectivity index (χ4v) is 5.51. The SMILES string of the molecule is O=C(N/N=C\c1ccccc1Br)c1ccc(-n2cnc3sc4c(c3c2=O)CCCC4)cc1. The normalized spacial score (nSPS) is 13.4. The number of nitrogens with one attached hydrogen (secondary N) is 1. The Morgan fingerprint density at radius 3 is 2.72 bits per heavy atom. The van der Waals surface area contributed by atoms with Crippen LogP contribution < -0.4 is 11.0 Å². The van der Waals surface area contributed by atoms with Gasteiger partial charge in [-0.05, 0) is 61.6 Å². The number of hydrogen-bond acceptors (Lipinski definition) is 5. The van der Waals surface area contributed by atoms with Crippen molar-refractivity contribution in [2.45, 2.75) is 25.7 Å². The van der Waals surface area contributed by atoms with E-state index in [0.29, 0.717) is 11.3 Å². The zero-order chi connectivity index (χ0) is 22.1. The summed E-state index contributed by atoms with van der Waals surface area (Å²) in [4.78, 5) is 32.3. The summed E-state index contributed by atoms with van der Waals surface area (Å²) in [6.07, 6.45) is 7.41. The van der Waals surface area contributed by atoms with E-state index in [0.717, 1.165) is 39.5 Å². The fraction of sp³-hybridized carbons (Fsp3) is 0.167. The summed E-state index contributed by atoms with van der Waals surface area (Å²) in [5.41, 5.74) is 5.64. The molecule has 2 aromatic heterocycles. The molecule has 1 aliphatic carbocycles. The summed E-state index contributed by atoms with van der Waals surface area (Å²) in [5.74, 6) is -0.326. The van der Waals surface area contributed by atoms with E-state index in [2.05, 4.69) is 31.4 Å². The first-order valence-electron chi connectivity index (χ1n) is 10.3. The molecule has 6 nitrogen and oxygen atoms in total. The maximum absolute atomic E-state index is 13.2. The number of hydrazone groups is 1. The molecule has 5 rings (SSSR count). The van der Waals surface area contributed by atoms with Crippen molar-refractivity contribution in [2.75, 3.05) is 0 Å². The Morgan fingerprint density at radius 1 is 1.12 bits per heavy atom. The number of halogens is 1. The molecule has 0 saturated heterocycles. The Labute approximate surface area is 196 Å². The van der Waals surface area contributed by atoms with Crippen LogP contribution in [0.3, 0.4) is 0 Å². The summed E-state index contributed by atoms with van der Waals surface area (Å²) >= 11 is 5.08. The van der Waals surface area contributed by atoms with Crippen LogP contribution in [0.25, 0.3) is 15.9 Å². The molecule has 32 heavy (non-hydrogen) atoms. The summed E-state index contributed by atoms with van der Waals surface area (Å²) in [5, 5.41) is 4.77. The molecule has 0 aliphatic heterocycles. The van der Waals surface area contributed by atoms with Crippen molar-refractivity contribution in [1.82, 2.24) is 15.0 Å². The molecule has 0 unspecified atom stereocenters. The van der Waals surface area contributed by atoms with Gasteiger partial charge >= 0.3 is 0 Å². The molecule has 1 amide bonds. The standard InChI is InChI=1S/C24H19BrN4O2S/c25-19-7-3-1-5-16(19)13-27-28-22(30)15-9-11-17(12-10-15)29-14-26-23-21(24(29)31)18-6-2-4-8-20(18)32-23/h1,3,5,7,9-14H,2,4,6,8H2,(H,28,30)/b27-13-. The average molecular weight is 507 g/mol. The van der Waals surface area contributed by atoms with Gasteiger partial charge in [0.15, 0.2) is 0 Å². The van der Waals surface area contributed by atoms with Crippen LogP contribution in [-0.2, 0) is 12.8 Å². The second-order valence-corrected chi connectivity index (χ2v) is 9.52. The van der Waals surface area contributed by atoms with E-state index in [1.54, 1.807) is 52.7 Å². The van der Waals surface area contributed by atoms with Crippen LogP contribution >= 0.6 is 27.3 Å². The van der Waals surface area contributed by atoms with E-state index in [1.807, 2.05) is 24.3 Å². The van der Waals surface area contributed by atoms with Crippen LogP contribution in [0.5, 0.6) is 0 Å². The van der Waals surface area contributed by atoms with Crippen molar-refractivity contribution >= 4 is 49.6 Å². The minimum atomic E-state index is -0.326. The molecule has 160 valence electrons. The van der Waals surface area contributed by atoms with Gasteiger partial charge in [0.1, 0.15) is 11.2 Å². The average Bonchev–Trinajstić information content (AvgIpc) is 3.20. The number of aryl methyl sites for hydroxylation is 2. The molecule has 0 saturated carbocycles. The van der Waals surface area contributed by atoms with Gasteiger partial charge < -0.3 is 0 Å². The Balaban J connectivity index is 1.37. The number of rotatable bonds is 4. The second kappa shape index (κ2) is 8.80. The third kappa shape index (κ3) is 3.91. The maximum Gasteiger partial charge on any atom is 0.271 e. The lowest BCUT2D eigenvalue weighted by atomic mass is 9.97. The van der Waals surface area contributed by atoms with Crippen LogP contribution in [0.15, 0.2) is 69.2 Å². The van der Waals surface area contributed by atoms with Crippen molar-refractivity contribution < 1.29 is 4.79 Å². The van der Waals surface area contributed by atoms with Crippen molar-refractivity contribution in [3.05, 3.63) is 91.3 Å². The molecule has 2 aromatic carbocycles. The van der Waals surface area contributed by atoms with Gasteiger partial charge in [0.05, 0.1) is 17.3 Å². The quantitative estimate of drug-likeness (QED) is 0.317. The van der Waals surface area contributed by atoms with Crippen LogP contribution in [0, 0.1) is 0 Å². The van der Waals surface area contributed by atoms with Crippen LogP contribution in [0.1, 0.15) is 39.2 Å². The molecule has 0 bridgehead atoms. The van der Waals surface area contributed by atoms with Gasteiger partial charge in [0.2, 0.25) is 0 Å². The second-order valence-electron chi connectivity index (χ2n) is 7.58. The minimum absolute atomic E-state index is 0.0513. The number of carbonyl (C=O) groups is 1. The molecular weight excluding hydrogens is 488 g/mol. The predicted octanol–water partition coefficient (Wildman–Crippen LogP) is 4.85. The van der Waals surface area contributed by atoms with Gasteiger partial charge in [-0.2, -0.15) is 5.10 Å². The lowest BCUT2D eigenvalue weighted by Gasteiger charge is -2.10. The first-order valence-corrected chi connectivity index (χ1v) is 11.9. The number of benzene rings is 2. The third-order valence-electron chi connectivity index (χ3n) is 5.56. The molecule has 8 heteroatoms. The van der Waals surface area contributed by atoms with Gasteiger partial charge in [0.25, 0.3) is 11.5 Å². The Morgan fingerprint density at radius 2 is 1.91 bits per heavy atom. The van der Waals surface area contributed by atoms with Crippen LogP contribution in [-0.4, -0.2) is 21.7 Å². The van der Waals surface area contributed by atoms with Gasteiger partial charge in [-0.1, -0.05) is 34.1 Å². The molecule has 2 heterocycles. The van der Waals surface area contributed by atoms with E-state index < -0.39 is 0 Å². The summed E-state index contributed by atoms with van der Waals surface area (Å²) in [6.45, 7) is 0. The third-order valence-corrected chi connectivity index (χ3v) is 7.48. The van der Waals surface area contributed by atoms with Crippen molar-refractivity contribution in [2.24, 2.45) is 5.10 Å². The largest absolute Gasteiger partial charge is 0.271 e. The topological polar surface area (TPSA) is 76.3 Å². The number of nitrogens with zero attached hydrogens (tertiary/aromatic N) is 3. The minimum Gasteiger partial charge on any atom is -0.268 e. The summed E-state index contributed by atoms with van der Waals surface area (Å²) < 4.78 is 2.45. The molecule has 4 aromatic rings. The van der Waals surface area contributed by atoms with Crippen molar-refractivity contribution in [1.29, 1.82) is 0 Å². The number of hydrogen-bond donors (Lipinski definition) is 1.